The van der Waals surface area contributed by atoms with Gasteiger partial charge in [-0.15, -0.1) is 0 Å². The Morgan fingerprint density at radius 3 is 2.11 bits per heavy atom. The molecule has 0 unspecified atom stereocenters. The van der Waals surface area contributed by atoms with Crippen LogP contribution in [0.15, 0.2) is 91.0 Å². The van der Waals surface area contributed by atoms with Crippen molar-refractivity contribution in [3.63, 3.8) is 0 Å². The Morgan fingerprint density at radius 1 is 0.857 bits per heavy atom. The van der Waals surface area contributed by atoms with E-state index in [-0.39, 0.29) is 5.91 Å². The minimum atomic E-state index is -0.131. The SMILES string of the molecule is Cc1c(C(=O)Nc2ccccc2)cc(-c2ccc(Cl)cc2)n1-c1ccccc1. The second-order valence-electron chi connectivity index (χ2n) is 6.53. The van der Waals surface area contributed by atoms with Gasteiger partial charge in [0.25, 0.3) is 5.91 Å². The third kappa shape index (κ3) is 3.57. The van der Waals surface area contributed by atoms with E-state index >= 15 is 0 Å². The van der Waals surface area contributed by atoms with Gasteiger partial charge in [0.15, 0.2) is 0 Å². The summed E-state index contributed by atoms with van der Waals surface area (Å²) in [6.07, 6.45) is 0. The Kier molecular flexibility index (Phi) is 5.00. The molecule has 3 aromatic carbocycles. The third-order valence-corrected chi connectivity index (χ3v) is 4.93. The van der Waals surface area contributed by atoms with Gasteiger partial charge in [-0.1, -0.05) is 60.1 Å². The summed E-state index contributed by atoms with van der Waals surface area (Å²) in [6, 6.07) is 29.1. The van der Waals surface area contributed by atoms with Crippen molar-refractivity contribution in [2.24, 2.45) is 0 Å². The highest BCUT2D eigenvalue weighted by Gasteiger charge is 2.19. The number of rotatable bonds is 4. The number of amides is 1. The Bertz CT molecular complexity index is 1100. The predicted octanol–water partition coefficient (Wildman–Crippen LogP) is 6.36. The first kappa shape index (κ1) is 18.1. The lowest BCUT2D eigenvalue weighted by Gasteiger charge is -2.12. The summed E-state index contributed by atoms with van der Waals surface area (Å²) in [5.74, 6) is -0.131. The number of hydrogen-bond donors (Lipinski definition) is 1. The van der Waals surface area contributed by atoms with E-state index in [1.165, 1.54) is 0 Å². The Morgan fingerprint density at radius 2 is 1.46 bits per heavy atom. The van der Waals surface area contributed by atoms with Gasteiger partial charge in [-0.05, 0) is 55.0 Å². The summed E-state index contributed by atoms with van der Waals surface area (Å²) >= 11 is 6.06. The van der Waals surface area contributed by atoms with Crippen LogP contribution in [-0.4, -0.2) is 10.5 Å². The summed E-state index contributed by atoms with van der Waals surface area (Å²) in [7, 11) is 0. The van der Waals surface area contributed by atoms with Gasteiger partial charge in [0, 0.05) is 22.1 Å². The molecule has 4 heteroatoms. The number of para-hydroxylation sites is 2. The van der Waals surface area contributed by atoms with Crippen molar-refractivity contribution in [1.29, 1.82) is 0 Å². The van der Waals surface area contributed by atoms with Crippen molar-refractivity contribution < 1.29 is 4.79 Å². The number of aromatic nitrogens is 1. The van der Waals surface area contributed by atoms with E-state index in [0.29, 0.717) is 10.6 Å². The maximum atomic E-state index is 13.0. The highest BCUT2D eigenvalue weighted by Crippen LogP contribution is 2.30. The van der Waals surface area contributed by atoms with Gasteiger partial charge in [0.2, 0.25) is 0 Å². The summed E-state index contributed by atoms with van der Waals surface area (Å²) < 4.78 is 2.10. The largest absolute Gasteiger partial charge is 0.322 e. The molecule has 0 fully saturated rings. The molecule has 1 aromatic heterocycles. The van der Waals surface area contributed by atoms with Gasteiger partial charge in [-0.3, -0.25) is 4.79 Å². The first-order chi connectivity index (χ1) is 13.6. The molecule has 0 spiro atoms. The van der Waals surface area contributed by atoms with Crippen LogP contribution in [0.3, 0.4) is 0 Å². The van der Waals surface area contributed by atoms with Crippen LogP contribution in [0.2, 0.25) is 5.02 Å². The number of nitrogens with zero attached hydrogens (tertiary/aromatic N) is 1. The molecule has 0 atom stereocenters. The number of halogens is 1. The molecule has 0 aliphatic carbocycles. The minimum absolute atomic E-state index is 0.131. The van der Waals surface area contributed by atoms with Crippen LogP contribution in [0.4, 0.5) is 5.69 Å². The lowest BCUT2D eigenvalue weighted by molar-refractivity contribution is 0.102. The summed E-state index contributed by atoms with van der Waals surface area (Å²) in [4.78, 5) is 13.0. The molecule has 4 aromatic rings. The molecular weight excluding hydrogens is 368 g/mol. The number of anilines is 1. The molecular formula is C24H19ClN2O. The van der Waals surface area contributed by atoms with Gasteiger partial charge in [0.1, 0.15) is 0 Å². The second kappa shape index (κ2) is 7.75. The molecule has 0 saturated heterocycles. The molecule has 0 aliphatic heterocycles. The highest BCUT2D eigenvalue weighted by atomic mass is 35.5. The van der Waals surface area contributed by atoms with E-state index in [2.05, 4.69) is 9.88 Å². The summed E-state index contributed by atoms with van der Waals surface area (Å²) in [5.41, 5.74) is 5.23. The molecule has 1 amide bonds. The fraction of sp³-hybridized carbons (Fsp3) is 0.0417. The zero-order chi connectivity index (χ0) is 19.5. The Hall–Kier alpha value is -3.30. The van der Waals surface area contributed by atoms with Gasteiger partial charge >= 0.3 is 0 Å². The Labute approximate surface area is 169 Å². The number of carbonyl (C=O) groups excluding carboxylic acids is 1. The van der Waals surface area contributed by atoms with E-state index in [9.17, 15) is 4.79 Å². The van der Waals surface area contributed by atoms with E-state index in [4.69, 9.17) is 11.6 Å². The topological polar surface area (TPSA) is 34.0 Å². The van der Waals surface area contributed by atoms with E-state index in [1.54, 1.807) is 0 Å². The quantitative estimate of drug-likeness (QED) is 0.435. The second-order valence-corrected chi connectivity index (χ2v) is 6.96. The first-order valence-corrected chi connectivity index (χ1v) is 9.41. The van der Waals surface area contributed by atoms with Gasteiger partial charge < -0.3 is 9.88 Å². The van der Waals surface area contributed by atoms with Crippen molar-refractivity contribution in [3.8, 4) is 16.9 Å². The van der Waals surface area contributed by atoms with Crippen LogP contribution < -0.4 is 5.32 Å². The van der Waals surface area contributed by atoms with Gasteiger partial charge in [0.05, 0.1) is 11.3 Å². The van der Waals surface area contributed by atoms with Crippen LogP contribution >= 0.6 is 11.6 Å². The maximum Gasteiger partial charge on any atom is 0.257 e. The van der Waals surface area contributed by atoms with Crippen LogP contribution in [0, 0.1) is 6.92 Å². The molecule has 138 valence electrons. The summed E-state index contributed by atoms with van der Waals surface area (Å²) in [5, 5.41) is 3.66. The number of hydrogen-bond acceptors (Lipinski definition) is 1. The molecule has 1 N–H and O–H groups in total. The number of nitrogens with one attached hydrogen (secondary N) is 1. The predicted molar refractivity (Wildman–Crippen MR) is 115 cm³/mol. The maximum absolute atomic E-state index is 13.0. The molecule has 0 aliphatic rings. The minimum Gasteiger partial charge on any atom is -0.322 e. The van der Waals surface area contributed by atoms with Crippen LogP contribution in [0.1, 0.15) is 16.1 Å². The first-order valence-electron chi connectivity index (χ1n) is 9.03. The van der Waals surface area contributed by atoms with Crippen LogP contribution in [-0.2, 0) is 0 Å². The average Bonchev–Trinajstić information content (AvgIpc) is 3.07. The number of carbonyl (C=O) groups is 1. The van der Waals surface area contributed by atoms with Crippen molar-refractivity contribution >= 4 is 23.2 Å². The zero-order valence-electron chi connectivity index (χ0n) is 15.4. The zero-order valence-corrected chi connectivity index (χ0v) is 16.1. The molecule has 3 nitrogen and oxygen atoms in total. The molecule has 0 saturated carbocycles. The smallest absolute Gasteiger partial charge is 0.257 e. The fourth-order valence-corrected chi connectivity index (χ4v) is 3.43. The lowest BCUT2D eigenvalue weighted by atomic mass is 10.1. The molecule has 28 heavy (non-hydrogen) atoms. The lowest BCUT2D eigenvalue weighted by Crippen LogP contribution is -2.13. The normalized spacial score (nSPS) is 10.6. The van der Waals surface area contributed by atoms with Crippen molar-refractivity contribution in [1.82, 2.24) is 4.57 Å². The van der Waals surface area contributed by atoms with E-state index in [1.807, 2.05) is 97.9 Å². The van der Waals surface area contributed by atoms with E-state index < -0.39 is 0 Å². The van der Waals surface area contributed by atoms with Gasteiger partial charge in [-0.2, -0.15) is 0 Å². The molecule has 4 rings (SSSR count). The van der Waals surface area contributed by atoms with E-state index in [0.717, 1.165) is 28.3 Å². The monoisotopic (exact) mass is 386 g/mol. The highest BCUT2D eigenvalue weighted by molar-refractivity contribution is 6.30. The van der Waals surface area contributed by atoms with Crippen molar-refractivity contribution in [3.05, 3.63) is 107 Å². The molecule has 0 radical (unpaired) electrons. The average molecular weight is 387 g/mol. The van der Waals surface area contributed by atoms with Crippen LogP contribution in [0.25, 0.3) is 16.9 Å². The molecule has 1 heterocycles. The Balaban J connectivity index is 1.82. The molecule has 0 bridgehead atoms. The third-order valence-electron chi connectivity index (χ3n) is 4.68. The van der Waals surface area contributed by atoms with Gasteiger partial charge in [-0.25, -0.2) is 0 Å². The van der Waals surface area contributed by atoms with Crippen LogP contribution in [0.5, 0.6) is 0 Å². The van der Waals surface area contributed by atoms with Crippen molar-refractivity contribution in [2.75, 3.05) is 5.32 Å². The fourth-order valence-electron chi connectivity index (χ4n) is 3.30. The van der Waals surface area contributed by atoms with Crippen molar-refractivity contribution in [2.45, 2.75) is 6.92 Å². The standard InChI is InChI=1S/C24H19ClN2O/c1-17-22(24(28)26-20-8-4-2-5-9-20)16-23(18-12-14-19(25)15-13-18)27(17)21-10-6-3-7-11-21/h2-16H,1H3,(H,26,28). The summed E-state index contributed by atoms with van der Waals surface area (Å²) in [6.45, 7) is 1.96. The number of benzene rings is 3.